The zero-order valence-corrected chi connectivity index (χ0v) is 7.84. The normalized spacial score (nSPS) is 12.6. The summed E-state index contributed by atoms with van der Waals surface area (Å²) in [6.45, 7) is 0.722. The first-order valence-corrected chi connectivity index (χ1v) is 4.31. The third kappa shape index (κ3) is 2.67. The van der Waals surface area contributed by atoms with E-state index < -0.39 is 18.6 Å². The SMILES string of the molecule is CC(O)c1ccc(OCCF)c(F)c1. The molecular formula is C10H12F2O2. The maximum Gasteiger partial charge on any atom is 0.165 e. The number of hydrogen-bond acceptors (Lipinski definition) is 2. The van der Waals surface area contributed by atoms with Crippen molar-refractivity contribution in [2.45, 2.75) is 13.0 Å². The van der Waals surface area contributed by atoms with E-state index in [1.807, 2.05) is 0 Å². The van der Waals surface area contributed by atoms with Gasteiger partial charge < -0.3 is 9.84 Å². The van der Waals surface area contributed by atoms with Gasteiger partial charge >= 0.3 is 0 Å². The zero-order chi connectivity index (χ0) is 10.6. The second-order valence-corrected chi connectivity index (χ2v) is 2.90. The molecule has 1 atom stereocenters. The highest BCUT2D eigenvalue weighted by molar-refractivity contribution is 5.30. The smallest absolute Gasteiger partial charge is 0.165 e. The molecule has 0 saturated heterocycles. The van der Waals surface area contributed by atoms with Crippen molar-refractivity contribution >= 4 is 0 Å². The quantitative estimate of drug-likeness (QED) is 0.811. The lowest BCUT2D eigenvalue weighted by atomic mass is 10.1. The fourth-order valence-electron chi connectivity index (χ4n) is 1.04. The molecule has 1 unspecified atom stereocenters. The first kappa shape index (κ1) is 10.9. The Labute approximate surface area is 81.1 Å². The van der Waals surface area contributed by atoms with Crippen LogP contribution in [0.1, 0.15) is 18.6 Å². The molecule has 78 valence electrons. The summed E-state index contributed by atoms with van der Waals surface area (Å²) in [7, 11) is 0. The van der Waals surface area contributed by atoms with Crippen molar-refractivity contribution in [1.29, 1.82) is 0 Å². The molecule has 0 aliphatic carbocycles. The molecule has 1 rings (SSSR count). The van der Waals surface area contributed by atoms with E-state index >= 15 is 0 Å². The number of benzene rings is 1. The van der Waals surface area contributed by atoms with Gasteiger partial charge in [-0.25, -0.2) is 8.78 Å². The van der Waals surface area contributed by atoms with Crippen LogP contribution in [0.5, 0.6) is 5.75 Å². The van der Waals surface area contributed by atoms with Crippen LogP contribution in [0.3, 0.4) is 0 Å². The van der Waals surface area contributed by atoms with E-state index in [9.17, 15) is 8.78 Å². The molecule has 0 radical (unpaired) electrons. The molecule has 2 nitrogen and oxygen atoms in total. The first-order chi connectivity index (χ1) is 6.65. The van der Waals surface area contributed by atoms with Gasteiger partial charge in [0.05, 0.1) is 6.10 Å². The molecule has 14 heavy (non-hydrogen) atoms. The van der Waals surface area contributed by atoms with Crippen LogP contribution in [-0.4, -0.2) is 18.4 Å². The second kappa shape index (κ2) is 4.91. The maximum atomic E-state index is 13.2. The fourth-order valence-corrected chi connectivity index (χ4v) is 1.04. The minimum absolute atomic E-state index is 0.00653. The average molecular weight is 202 g/mol. The zero-order valence-electron chi connectivity index (χ0n) is 7.84. The number of hydrogen-bond donors (Lipinski definition) is 1. The number of ether oxygens (including phenoxy) is 1. The standard InChI is InChI=1S/C10H12F2O2/c1-7(13)8-2-3-10(9(12)6-8)14-5-4-11/h2-3,6-7,13H,4-5H2,1H3. The van der Waals surface area contributed by atoms with E-state index in [0.717, 1.165) is 0 Å². The molecule has 0 bridgehead atoms. The highest BCUT2D eigenvalue weighted by atomic mass is 19.1. The van der Waals surface area contributed by atoms with E-state index in [0.29, 0.717) is 5.56 Å². The van der Waals surface area contributed by atoms with Gasteiger partial charge in [-0.05, 0) is 24.6 Å². The lowest BCUT2D eigenvalue weighted by Gasteiger charge is -2.08. The molecule has 1 aromatic rings. The molecule has 4 heteroatoms. The van der Waals surface area contributed by atoms with Gasteiger partial charge in [0, 0.05) is 0 Å². The van der Waals surface area contributed by atoms with Gasteiger partial charge in [-0.15, -0.1) is 0 Å². The Morgan fingerprint density at radius 2 is 2.21 bits per heavy atom. The third-order valence-electron chi connectivity index (χ3n) is 1.77. The van der Waals surface area contributed by atoms with Crippen molar-refractivity contribution in [1.82, 2.24) is 0 Å². The molecule has 0 amide bonds. The Kier molecular flexibility index (Phi) is 3.83. The predicted molar refractivity (Wildman–Crippen MR) is 48.5 cm³/mol. The van der Waals surface area contributed by atoms with Gasteiger partial charge in [0.1, 0.15) is 13.3 Å². The number of rotatable bonds is 4. The van der Waals surface area contributed by atoms with Crippen LogP contribution in [0.4, 0.5) is 8.78 Å². The Hall–Kier alpha value is -1.16. The summed E-state index contributed by atoms with van der Waals surface area (Å²) in [5.74, 6) is -0.580. The lowest BCUT2D eigenvalue weighted by molar-refractivity contribution is 0.198. The van der Waals surface area contributed by atoms with Crippen LogP contribution in [-0.2, 0) is 0 Å². The Balaban J connectivity index is 2.79. The molecule has 0 heterocycles. The van der Waals surface area contributed by atoms with Crippen molar-refractivity contribution in [3.05, 3.63) is 29.6 Å². The molecule has 0 aromatic heterocycles. The molecule has 0 spiro atoms. The highest BCUT2D eigenvalue weighted by Crippen LogP contribution is 2.21. The largest absolute Gasteiger partial charge is 0.488 e. The molecule has 0 aliphatic heterocycles. The van der Waals surface area contributed by atoms with Crippen molar-refractivity contribution in [2.24, 2.45) is 0 Å². The van der Waals surface area contributed by atoms with Crippen molar-refractivity contribution in [3.8, 4) is 5.75 Å². The molecular weight excluding hydrogens is 190 g/mol. The molecule has 0 fully saturated rings. The second-order valence-electron chi connectivity index (χ2n) is 2.90. The minimum Gasteiger partial charge on any atom is -0.488 e. The summed E-state index contributed by atoms with van der Waals surface area (Å²) in [6.07, 6.45) is -0.722. The number of halogens is 2. The van der Waals surface area contributed by atoms with Crippen molar-refractivity contribution in [3.63, 3.8) is 0 Å². The van der Waals surface area contributed by atoms with Crippen LogP contribution in [0, 0.1) is 5.82 Å². The van der Waals surface area contributed by atoms with E-state index in [1.165, 1.54) is 19.1 Å². The van der Waals surface area contributed by atoms with Crippen LogP contribution >= 0.6 is 0 Å². The summed E-state index contributed by atoms with van der Waals surface area (Å²) < 4.78 is 29.7. The topological polar surface area (TPSA) is 29.5 Å². The van der Waals surface area contributed by atoms with Gasteiger partial charge in [0.25, 0.3) is 0 Å². The van der Waals surface area contributed by atoms with Gasteiger partial charge in [-0.1, -0.05) is 6.07 Å². The van der Waals surface area contributed by atoms with E-state index in [4.69, 9.17) is 9.84 Å². The fraction of sp³-hybridized carbons (Fsp3) is 0.400. The first-order valence-electron chi connectivity index (χ1n) is 4.31. The van der Waals surface area contributed by atoms with Crippen LogP contribution in [0.25, 0.3) is 0 Å². The Morgan fingerprint density at radius 3 is 2.71 bits per heavy atom. The summed E-state index contributed by atoms with van der Waals surface area (Å²) in [6, 6.07) is 4.10. The highest BCUT2D eigenvalue weighted by Gasteiger charge is 2.07. The van der Waals surface area contributed by atoms with Crippen molar-refractivity contribution < 1.29 is 18.6 Å². The summed E-state index contributed by atoms with van der Waals surface area (Å²) in [5, 5.41) is 9.15. The number of aliphatic hydroxyl groups is 1. The predicted octanol–water partition coefficient (Wildman–Crippen LogP) is 2.23. The Bertz CT molecular complexity index is 300. The Morgan fingerprint density at radius 1 is 1.50 bits per heavy atom. The van der Waals surface area contributed by atoms with Gasteiger partial charge in [0.15, 0.2) is 11.6 Å². The number of alkyl halides is 1. The third-order valence-corrected chi connectivity index (χ3v) is 1.77. The molecule has 1 aromatic carbocycles. The van der Waals surface area contributed by atoms with Crippen LogP contribution in [0.15, 0.2) is 18.2 Å². The van der Waals surface area contributed by atoms with Crippen LogP contribution < -0.4 is 4.74 Å². The van der Waals surface area contributed by atoms with Gasteiger partial charge in [0.2, 0.25) is 0 Å². The molecule has 0 saturated carbocycles. The summed E-state index contributed by atoms with van der Waals surface area (Å²) in [5.41, 5.74) is 0.468. The van der Waals surface area contributed by atoms with Crippen molar-refractivity contribution in [2.75, 3.05) is 13.3 Å². The molecule has 1 N–H and O–H groups in total. The van der Waals surface area contributed by atoms with E-state index in [1.54, 1.807) is 6.07 Å². The minimum atomic E-state index is -0.722. The number of aliphatic hydroxyl groups excluding tert-OH is 1. The monoisotopic (exact) mass is 202 g/mol. The lowest BCUT2D eigenvalue weighted by Crippen LogP contribution is -2.01. The summed E-state index contributed by atoms with van der Waals surface area (Å²) in [4.78, 5) is 0. The average Bonchev–Trinajstić information content (AvgIpc) is 2.15. The van der Waals surface area contributed by atoms with Gasteiger partial charge in [-0.2, -0.15) is 0 Å². The summed E-state index contributed by atoms with van der Waals surface area (Å²) >= 11 is 0. The van der Waals surface area contributed by atoms with E-state index in [-0.39, 0.29) is 12.4 Å². The van der Waals surface area contributed by atoms with Gasteiger partial charge in [-0.3, -0.25) is 0 Å². The molecule has 0 aliphatic rings. The van der Waals surface area contributed by atoms with E-state index in [2.05, 4.69) is 0 Å². The van der Waals surface area contributed by atoms with Crippen LogP contribution in [0.2, 0.25) is 0 Å². The maximum absolute atomic E-state index is 13.2.